The molecule has 1 saturated carbocycles. The van der Waals surface area contributed by atoms with E-state index in [0.29, 0.717) is 0 Å². The van der Waals surface area contributed by atoms with E-state index in [4.69, 9.17) is 5.73 Å². The maximum absolute atomic E-state index is 12.3. The fourth-order valence-electron chi connectivity index (χ4n) is 2.66. The van der Waals surface area contributed by atoms with Crippen molar-refractivity contribution in [1.29, 1.82) is 0 Å². The van der Waals surface area contributed by atoms with Crippen molar-refractivity contribution in [2.24, 2.45) is 5.73 Å². The number of nitrogens with one attached hydrogen (secondary N) is 2. The molecule has 1 heterocycles. The molecule has 0 bridgehead atoms. The first kappa shape index (κ1) is 17.7. The van der Waals surface area contributed by atoms with Crippen molar-refractivity contribution in [3.8, 4) is 0 Å². The number of hydrogen-bond acceptors (Lipinski definition) is 5. The highest BCUT2D eigenvalue weighted by Gasteiger charge is 2.36. The number of amides is 1. The Morgan fingerprint density at radius 3 is 2.39 bits per heavy atom. The lowest BCUT2D eigenvalue weighted by atomic mass is 9.98. The van der Waals surface area contributed by atoms with Gasteiger partial charge in [0.25, 0.3) is 0 Å². The van der Waals surface area contributed by atoms with E-state index in [1.807, 2.05) is 36.6 Å². The first-order valence-electron chi connectivity index (χ1n) is 7.45. The minimum atomic E-state index is -0.699. The Balaban J connectivity index is 0.00000192. The number of aromatic nitrogens is 1. The normalized spacial score (nSPS) is 15.7. The van der Waals surface area contributed by atoms with Crippen LogP contribution < -0.4 is 16.4 Å². The van der Waals surface area contributed by atoms with E-state index >= 15 is 0 Å². The lowest BCUT2D eigenvalue weighted by molar-refractivity contribution is -0.121. The number of hydrogen-bond donors (Lipinski definition) is 3. The summed E-state index contributed by atoms with van der Waals surface area (Å²) in [4.78, 5) is 16.6. The minimum absolute atomic E-state index is 0. The van der Waals surface area contributed by atoms with E-state index in [1.165, 1.54) is 0 Å². The van der Waals surface area contributed by atoms with Crippen LogP contribution >= 0.6 is 23.7 Å². The summed E-state index contributed by atoms with van der Waals surface area (Å²) in [5, 5.41) is 9.01. The average molecular weight is 353 g/mol. The molecule has 3 rings (SSSR count). The summed E-state index contributed by atoms with van der Waals surface area (Å²) in [5.74, 6) is -0.0822. The van der Waals surface area contributed by atoms with Crippen LogP contribution in [0.5, 0.6) is 0 Å². The lowest BCUT2D eigenvalue weighted by Gasteiger charge is -2.22. The highest BCUT2D eigenvalue weighted by molar-refractivity contribution is 7.13. The molecule has 1 aliphatic rings. The molecule has 1 aromatic heterocycles. The first-order chi connectivity index (χ1) is 10.5. The van der Waals surface area contributed by atoms with E-state index < -0.39 is 5.54 Å². The third-order valence-electron chi connectivity index (χ3n) is 3.96. The standard InChI is InChI=1S/C16H20N4OS.ClH/c1-11-10-22-15(18-11)20-13-6-4-12(5-7-13)19-14(21)16(17)8-2-3-9-16;/h4-7,10H,2-3,8-9,17H2,1H3,(H,18,20)(H,19,21);1H. The van der Waals surface area contributed by atoms with Gasteiger partial charge in [0.2, 0.25) is 5.91 Å². The van der Waals surface area contributed by atoms with Gasteiger partial charge in [-0.1, -0.05) is 12.8 Å². The Labute approximate surface area is 146 Å². The second kappa shape index (κ2) is 7.29. The van der Waals surface area contributed by atoms with Crippen molar-refractivity contribution in [3.05, 3.63) is 35.3 Å². The largest absolute Gasteiger partial charge is 0.332 e. The van der Waals surface area contributed by atoms with Crippen LogP contribution in [0.2, 0.25) is 0 Å². The maximum Gasteiger partial charge on any atom is 0.244 e. The molecule has 0 saturated heterocycles. The van der Waals surface area contributed by atoms with Crippen molar-refractivity contribution in [2.45, 2.75) is 38.1 Å². The molecule has 7 heteroatoms. The summed E-state index contributed by atoms with van der Waals surface area (Å²) < 4.78 is 0. The summed E-state index contributed by atoms with van der Waals surface area (Å²) in [6, 6.07) is 7.59. The molecule has 0 aliphatic heterocycles. The van der Waals surface area contributed by atoms with Gasteiger partial charge in [-0.15, -0.1) is 23.7 Å². The Morgan fingerprint density at radius 2 is 1.83 bits per heavy atom. The zero-order valence-electron chi connectivity index (χ0n) is 13.0. The van der Waals surface area contributed by atoms with Gasteiger partial charge in [0.15, 0.2) is 5.13 Å². The smallest absolute Gasteiger partial charge is 0.244 e. The van der Waals surface area contributed by atoms with Gasteiger partial charge in [0.1, 0.15) is 0 Å². The van der Waals surface area contributed by atoms with Crippen LogP contribution in [0.1, 0.15) is 31.4 Å². The molecule has 0 radical (unpaired) electrons. The summed E-state index contributed by atoms with van der Waals surface area (Å²) >= 11 is 1.57. The van der Waals surface area contributed by atoms with Gasteiger partial charge < -0.3 is 16.4 Å². The molecule has 1 fully saturated rings. The SMILES string of the molecule is Cc1csc(Nc2ccc(NC(=O)C3(N)CCCC3)cc2)n1.Cl. The first-order valence-corrected chi connectivity index (χ1v) is 8.33. The average Bonchev–Trinajstić information content (AvgIpc) is 3.11. The molecular formula is C16H21ClN4OS. The molecule has 2 aromatic rings. The topological polar surface area (TPSA) is 80.0 Å². The molecule has 0 unspecified atom stereocenters. The second-order valence-electron chi connectivity index (χ2n) is 5.81. The van der Waals surface area contributed by atoms with E-state index in [0.717, 1.165) is 47.9 Å². The van der Waals surface area contributed by atoms with E-state index in [1.54, 1.807) is 11.3 Å². The van der Waals surface area contributed by atoms with Gasteiger partial charge in [-0.2, -0.15) is 0 Å². The fourth-order valence-corrected chi connectivity index (χ4v) is 3.37. The predicted octanol–water partition coefficient (Wildman–Crippen LogP) is 3.83. The Hall–Kier alpha value is -1.63. The molecule has 1 amide bonds. The van der Waals surface area contributed by atoms with Crippen LogP contribution in [0, 0.1) is 6.92 Å². The predicted molar refractivity (Wildman–Crippen MR) is 97.8 cm³/mol. The Bertz CT molecular complexity index is 665. The van der Waals surface area contributed by atoms with Gasteiger partial charge in [-0.3, -0.25) is 4.79 Å². The molecular weight excluding hydrogens is 332 g/mol. The van der Waals surface area contributed by atoms with Crippen molar-refractivity contribution in [2.75, 3.05) is 10.6 Å². The van der Waals surface area contributed by atoms with Crippen molar-refractivity contribution in [1.82, 2.24) is 4.98 Å². The minimum Gasteiger partial charge on any atom is -0.332 e. The maximum atomic E-state index is 12.3. The Morgan fingerprint density at radius 1 is 1.22 bits per heavy atom. The zero-order valence-corrected chi connectivity index (χ0v) is 14.6. The molecule has 0 atom stereocenters. The van der Waals surface area contributed by atoms with E-state index in [2.05, 4.69) is 15.6 Å². The number of carbonyl (C=O) groups excluding carboxylic acids is 1. The quantitative estimate of drug-likeness (QED) is 0.781. The van der Waals surface area contributed by atoms with Crippen LogP contribution in [0.4, 0.5) is 16.5 Å². The molecule has 1 aliphatic carbocycles. The highest BCUT2D eigenvalue weighted by atomic mass is 35.5. The van der Waals surface area contributed by atoms with Crippen LogP contribution in [0.25, 0.3) is 0 Å². The van der Waals surface area contributed by atoms with Crippen LogP contribution in [0.15, 0.2) is 29.6 Å². The van der Waals surface area contributed by atoms with Gasteiger partial charge in [0, 0.05) is 16.8 Å². The lowest BCUT2D eigenvalue weighted by Crippen LogP contribution is -2.48. The van der Waals surface area contributed by atoms with Crippen molar-refractivity contribution >= 4 is 46.2 Å². The number of nitrogens with zero attached hydrogens (tertiary/aromatic N) is 1. The number of carbonyl (C=O) groups is 1. The monoisotopic (exact) mass is 352 g/mol. The van der Waals surface area contributed by atoms with Crippen LogP contribution in [-0.4, -0.2) is 16.4 Å². The third-order valence-corrected chi connectivity index (χ3v) is 4.84. The molecule has 23 heavy (non-hydrogen) atoms. The molecule has 1 aromatic carbocycles. The van der Waals surface area contributed by atoms with Gasteiger partial charge in [-0.25, -0.2) is 4.98 Å². The number of rotatable bonds is 4. The number of thiazole rings is 1. The van der Waals surface area contributed by atoms with Crippen molar-refractivity contribution in [3.63, 3.8) is 0 Å². The Kier molecular flexibility index (Phi) is 5.62. The van der Waals surface area contributed by atoms with Gasteiger partial charge >= 0.3 is 0 Å². The number of aryl methyl sites for hydroxylation is 1. The number of halogens is 1. The molecule has 0 spiro atoms. The number of nitrogens with two attached hydrogens (primary N) is 1. The summed E-state index contributed by atoms with van der Waals surface area (Å²) in [5.41, 5.74) is 8.16. The highest BCUT2D eigenvalue weighted by Crippen LogP contribution is 2.29. The zero-order chi connectivity index (χ0) is 15.6. The van der Waals surface area contributed by atoms with E-state index in [-0.39, 0.29) is 18.3 Å². The molecule has 124 valence electrons. The molecule has 5 nitrogen and oxygen atoms in total. The van der Waals surface area contributed by atoms with Gasteiger partial charge in [-0.05, 0) is 44.0 Å². The molecule has 4 N–H and O–H groups in total. The number of benzene rings is 1. The summed E-state index contributed by atoms with van der Waals surface area (Å²) in [6.45, 7) is 1.96. The van der Waals surface area contributed by atoms with Crippen LogP contribution in [-0.2, 0) is 4.79 Å². The van der Waals surface area contributed by atoms with Gasteiger partial charge in [0.05, 0.1) is 11.2 Å². The summed E-state index contributed by atoms with van der Waals surface area (Å²) in [7, 11) is 0. The summed E-state index contributed by atoms with van der Waals surface area (Å²) in [6.07, 6.45) is 3.59. The number of anilines is 3. The van der Waals surface area contributed by atoms with Crippen LogP contribution in [0.3, 0.4) is 0 Å². The third kappa shape index (κ3) is 4.22. The van der Waals surface area contributed by atoms with E-state index in [9.17, 15) is 4.79 Å². The fraction of sp³-hybridized carbons (Fsp3) is 0.375. The van der Waals surface area contributed by atoms with Crippen molar-refractivity contribution < 1.29 is 4.79 Å². The second-order valence-corrected chi connectivity index (χ2v) is 6.67.